The lowest BCUT2D eigenvalue weighted by atomic mass is 10.2. The standard InChI is InChI=1S/C14H20N2O5S/c1-4-8-15-13(17)10-16(22(3,19)20)12-7-5-6-11(9-12)14(18)21-2/h5-7,9H,4,8,10H2,1-3H3,(H,15,17). The van der Waals surface area contributed by atoms with Crippen molar-refractivity contribution >= 4 is 27.6 Å². The summed E-state index contributed by atoms with van der Waals surface area (Å²) in [4.78, 5) is 23.3. The number of carbonyl (C=O) groups excluding carboxylic acids is 2. The zero-order valence-electron chi connectivity index (χ0n) is 12.8. The lowest BCUT2D eigenvalue weighted by molar-refractivity contribution is -0.119. The number of rotatable bonds is 7. The molecule has 0 aliphatic heterocycles. The van der Waals surface area contributed by atoms with Crippen molar-refractivity contribution in [3.8, 4) is 0 Å². The van der Waals surface area contributed by atoms with Gasteiger partial charge < -0.3 is 10.1 Å². The van der Waals surface area contributed by atoms with E-state index in [-0.39, 0.29) is 17.8 Å². The van der Waals surface area contributed by atoms with Crippen LogP contribution in [0.5, 0.6) is 0 Å². The van der Waals surface area contributed by atoms with Crippen molar-refractivity contribution < 1.29 is 22.7 Å². The highest BCUT2D eigenvalue weighted by Crippen LogP contribution is 2.19. The van der Waals surface area contributed by atoms with Crippen molar-refractivity contribution in [3.63, 3.8) is 0 Å². The number of anilines is 1. The Kier molecular flexibility index (Phi) is 6.36. The van der Waals surface area contributed by atoms with Gasteiger partial charge in [0, 0.05) is 6.54 Å². The Bertz CT molecular complexity index is 642. The SMILES string of the molecule is CCCNC(=O)CN(c1cccc(C(=O)OC)c1)S(C)(=O)=O. The molecule has 1 aromatic rings. The van der Waals surface area contributed by atoms with Crippen molar-refractivity contribution in [3.05, 3.63) is 29.8 Å². The predicted octanol–water partition coefficient (Wildman–Crippen LogP) is 0.765. The van der Waals surface area contributed by atoms with E-state index in [1.165, 1.54) is 31.4 Å². The molecule has 0 bridgehead atoms. The summed E-state index contributed by atoms with van der Waals surface area (Å²) in [5, 5.41) is 2.62. The molecule has 0 aliphatic carbocycles. The molecular weight excluding hydrogens is 308 g/mol. The Morgan fingerprint density at radius 2 is 2.00 bits per heavy atom. The third-order valence-electron chi connectivity index (χ3n) is 2.81. The summed E-state index contributed by atoms with van der Waals surface area (Å²) in [6.45, 7) is 2.02. The second kappa shape index (κ2) is 7.79. The molecule has 122 valence electrons. The first-order valence-corrected chi connectivity index (χ1v) is 8.57. The van der Waals surface area contributed by atoms with Gasteiger partial charge in [0.2, 0.25) is 15.9 Å². The van der Waals surface area contributed by atoms with Gasteiger partial charge in [0.05, 0.1) is 24.6 Å². The highest BCUT2D eigenvalue weighted by atomic mass is 32.2. The van der Waals surface area contributed by atoms with E-state index in [2.05, 4.69) is 10.1 Å². The number of nitrogens with zero attached hydrogens (tertiary/aromatic N) is 1. The van der Waals surface area contributed by atoms with E-state index in [0.717, 1.165) is 17.0 Å². The molecule has 8 heteroatoms. The van der Waals surface area contributed by atoms with Crippen molar-refractivity contribution in [1.29, 1.82) is 0 Å². The van der Waals surface area contributed by atoms with Crippen molar-refractivity contribution in [2.24, 2.45) is 0 Å². The second-order valence-corrected chi connectivity index (χ2v) is 6.57. The van der Waals surface area contributed by atoms with Crippen LogP contribution in [0.15, 0.2) is 24.3 Å². The van der Waals surface area contributed by atoms with Crippen LogP contribution in [0.3, 0.4) is 0 Å². The van der Waals surface area contributed by atoms with E-state index in [9.17, 15) is 18.0 Å². The average molecular weight is 328 g/mol. The number of ether oxygens (including phenoxy) is 1. The number of hydrogen-bond acceptors (Lipinski definition) is 5. The van der Waals surface area contributed by atoms with E-state index in [4.69, 9.17) is 0 Å². The van der Waals surface area contributed by atoms with E-state index in [0.29, 0.717) is 6.54 Å². The summed E-state index contributed by atoms with van der Waals surface area (Å²) in [7, 11) is -2.43. The fourth-order valence-corrected chi connectivity index (χ4v) is 2.60. The molecule has 0 aromatic heterocycles. The van der Waals surface area contributed by atoms with Crippen molar-refractivity contribution in [1.82, 2.24) is 5.32 Å². The first-order chi connectivity index (χ1) is 10.3. The molecule has 0 heterocycles. The van der Waals surface area contributed by atoms with Crippen molar-refractivity contribution in [2.45, 2.75) is 13.3 Å². The zero-order valence-corrected chi connectivity index (χ0v) is 13.6. The molecular formula is C14H20N2O5S. The number of amides is 1. The van der Waals surface area contributed by atoms with Crippen molar-refractivity contribution in [2.75, 3.05) is 30.8 Å². The van der Waals surface area contributed by atoms with Crippen LogP contribution in [0.1, 0.15) is 23.7 Å². The minimum Gasteiger partial charge on any atom is -0.465 e. The maximum Gasteiger partial charge on any atom is 0.337 e. The molecule has 0 spiro atoms. The van der Waals surface area contributed by atoms with Crippen LogP contribution in [0.4, 0.5) is 5.69 Å². The molecule has 0 fully saturated rings. The van der Waals surface area contributed by atoms with Gasteiger partial charge in [0.15, 0.2) is 0 Å². The highest BCUT2D eigenvalue weighted by molar-refractivity contribution is 7.92. The summed E-state index contributed by atoms with van der Waals surface area (Å²) in [5.41, 5.74) is 0.444. The van der Waals surface area contributed by atoms with Crippen LogP contribution < -0.4 is 9.62 Å². The zero-order chi connectivity index (χ0) is 16.8. The molecule has 0 atom stereocenters. The van der Waals surface area contributed by atoms with Gasteiger partial charge in [-0.1, -0.05) is 13.0 Å². The number of carbonyl (C=O) groups is 2. The Labute approximate surface area is 130 Å². The van der Waals surface area contributed by atoms with Crippen LogP contribution in [-0.2, 0) is 19.6 Å². The second-order valence-electron chi connectivity index (χ2n) is 4.66. The molecule has 22 heavy (non-hydrogen) atoms. The van der Waals surface area contributed by atoms with Gasteiger partial charge in [0.25, 0.3) is 0 Å². The summed E-state index contributed by atoms with van der Waals surface area (Å²) >= 11 is 0. The normalized spacial score (nSPS) is 10.9. The third-order valence-corrected chi connectivity index (χ3v) is 3.96. The molecule has 1 N–H and O–H groups in total. The Balaban J connectivity index is 3.08. The minimum atomic E-state index is -3.67. The quantitative estimate of drug-likeness (QED) is 0.746. The fraction of sp³-hybridized carbons (Fsp3) is 0.429. The summed E-state index contributed by atoms with van der Waals surface area (Å²) in [6, 6.07) is 5.93. The van der Waals surface area contributed by atoms with Crippen LogP contribution in [-0.4, -0.2) is 46.7 Å². The summed E-state index contributed by atoms with van der Waals surface area (Å²) in [5.74, 6) is -0.985. The van der Waals surface area contributed by atoms with Crippen LogP contribution in [0, 0.1) is 0 Å². The fourth-order valence-electron chi connectivity index (χ4n) is 1.76. The smallest absolute Gasteiger partial charge is 0.337 e. The lowest BCUT2D eigenvalue weighted by Crippen LogP contribution is -2.40. The van der Waals surface area contributed by atoms with E-state index >= 15 is 0 Å². The van der Waals surface area contributed by atoms with Gasteiger partial charge in [-0.2, -0.15) is 0 Å². The number of methoxy groups -OCH3 is 1. The van der Waals surface area contributed by atoms with Crippen LogP contribution >= 0.6 is 0 Å². The van der Waals surface area contributed by atoms with Gasteiger partial charge in [0.1, 0.15) is 6.54 Å². The largest absolute Gasteiger partial charge is 0.465 e. The van der Waals surface area contributed by atoms with E-state index in [1.54, 1.807) is 0 Å². The Morgan fingerprint density at radius 3 is 2.55 bits per heavy atom. The first-order valence-electron chi connectivity index (χ1n) is 6.72. The number of hydrogen-bond donors (Lipinski definition) is 1. The third kappa shape index (κ3) is 5.03. The molecule has 0 saturated heterocycles. The topological polar surface area (TPSA) is 92.8 Å². The number of sulfonamides is 1. The minimum absolute atomic E-state index is 0.211. The maximum absolute atomic E-state index is 11.9. The van der Waals surface area contributed by atoms with Crippen LogP contribution in [0.2, 0.25) is 0 Å². The van der Waals surface area contributed by atoms with Gasteiger partial charge in [-0.25, -0.2) is 13.2 Å². The number of nitrogens with one attached hydrogen (secondary N) is 1. The predicted molar refractivity (Wildman–Crippen MR) is 83.3 cm³/mol. The number of esters is 1. The summed E-state index contributed by atoms with van der Waals surface area (Å²) < 4.78 is 29.4. The molecule has 1 amide bonds. The van der Waals surface area contributed by atoms with Gasteiger partial charge >= 0.3 is 5.97 Å². The molecule has 1 rings (SSSR count). The van der Waals surface area contributed by atoms with Gasteiger partial charge in [-0.3, -0.25) is 9.10 Å². The van der Waals surface area contributed by atoms with Gasteiger partial charge in [-0.05, 0) is 24.6 Å². The molecule has 1 aromatic carbocycles. The molecule has 0 radical (unpaired) electrons. The van der Waals surface area contributed by atoms with E-state index < -0.39 is 21.9 Å². The molecule has 0 saturated carbocycles. The van der Waals surface area contributed by atoms with Crippen LogP contribution in [0.25, 0.3) is 0 Å². The molecule has 0 unspecified atom stereocenters. The molecule has 7 nitrogen and oxygen atoms in total. The van der Waals surface area contributed by atoms with Gasteiger partial charge in [-0.15, -0.1) is 0 Å². The van der Waals surface area contributed by atoms with E-state index in [1.807, 2.05) is 6.92 Å². The Morgan fingerprint density at radius 1 is 1.32 bits per heavy atom. The lowest BCUT2D eigenvalue weighted by Gasteiger charge is -2.22. The Hall–Kier alpha value is -2.09. The first kappa shape index (κ1) is 18.0. The maximum atomic E-state index is 11.9. The summed E-state index contributed by atoms with van der Waals surface area (Å²) in [6.07, 6.45) is 1.76. The highest BCUT2D eigenvalue weighted by Gasteiger charge is 2.21. The monoisotopic (exact) mass is 328 g/mol. The average Bonchev–Trinajstić information content (AvgIpc) is 2.48. The number of benzene rings is 1. The molecule has 0 aliphatic rings.